The van der Waals surface area contributed by atoms with Crippen molar-refractivity contribution in [3.05, 3.63) is 105 Å². The summed E-state index contributed by atoms with van der Waals surface area (Å²) in [5.41, 5.74) is -0.928. The van der Waals surface area contributed by atoms with E-state index in [-0.39, 0.29) is 92.2 Å². The molecule has 2 atom stereocenters. The Morgan fingerprint density at radius 2 is 0.935 bits per heavy atom. The zero-order valence-corrected chi connectivity index (χ0v) is 44.0. The number of aliphatic hydroxyl groups is 1. The smallest absolute Gasteiger partial charge is 0.228 e. The number of carbonyl (C=O) groups excluding carboxylic acids is 2. The molecule has 0 amide bonds. The van der Waals surface area contributed by atoms with E-state index in [9.17, 15) is 44.1 Å². The topological polar surface area (TPSA) is 237 Å². The molecule has 12 rings (SSSR count). The fourth-order valence-electron chi connectivity index (χ4n) is 13.2. The number of benzene rings is 10. The molecule has 0 unspecified atom stereocenters. The Balaban J connectivity index is 0.000000164. The molecule has 0 radical (unpaired) electrons. The lowest BCUT2D eigenvalue weighted by Crippen LogP contribution is -2.39. The second-order valence-electron chi connectivity index (χ2n) is 19.7. The summed E-state index contributed by atoms with van der Waals surface area (Å²) in [7, 11) is 11.4. The summed E-state index contributed by atoms with van der Waals surface area (Å²) in [6.45, 7) is 6.10. The summed E-state index contributed by atoms with van der Waals surface area (Å²) < 4.78 is 45.5. The number of rotatable bonds is 10. The Labute approximate surface area is 436 Å². The number of fused-ring (bicyclic) bond motifs is 2. The minimum atomic E-state index is -1.73. The molecule has 0 aromatic heterocycles. The molecule has 392 valence electrons. The van der Waals surface area contributed by atoms with Crippen LogP contribution in [-0.4, -0.2) is 89.4 Å². The molecule has 2 aliphatic rings. The third-order valence-corrected chi connectivity index (χ3v) is 15.8. The van der Waals surface area contributed by atoms with Crippen LogP contribution < -0.4 is 59.6 Å². The van der Waals surface area contributed by atoms with E-state index >= 15 is 0 Å². The van der Waals surface area contributed by atoms with E-state index in [0.29, 0.717) is 115 Å². The Hall–Kier alpha value is -8.96. The average Bonchev–Trinajstić information content (AvgIpc) is 3.80. The summed E-state index contributed by atoms with van der Waals surface area (Å²) in [5, 5.41) is 41.3. The largest absolute Gasteiger partial charge is 0.504 e. The molecular weight excluding hydrogens is 993 g/mol. The highest BCUT2D eigenvalue weighted by atomic mass is 16.5. The molecule has 3 N–H and O–H groups in total. The van der Waals surface area contributed by atoms with Crippen molar-refractivity contribution in [1.29, 1.82) is 0 Å². The van der Waals surface area contributed by atoms with Crippen LogP contribution in [0.4, 0.5) is 0 Å². The van der Waals surface area contributed by atoms with Crippen LogP contribution in [0.5, 0.6) is 57.5 Å². The Kier molecular flexibility index (Phi) is 11.3. The molecular formula is C60H50O17. The molecule has 2 aliphatic carbocycles. The number of Topliss-reactive ketones (excluding diaryl/α,β-unsaturated/α-hetero) is 2. The predicted molar refractivity (Wildman–Crippen MR) is 293 cm³/mol. The molecule has 0 bridgehead atoms. The zero-order chi connectivity index (χ0) is 55.3. The van der Waals surface area contributed by atoms with Gasteiger partial charge in [0.2, 0.25) is 10.9 Å². The lowest BCUT2D eigenvalue weighted by atomic mass is 9.77. The molecule has 17 nitrogen and oxygen atoms in total. The normalized spacial score (nSPS) is 16.0. The van der Waals surface area contributed by atoms with E-state index in [0.717, 1.165) is 0 Å². The fourth-order valence-corrected chi connectivity index (χ4v) is 13.2. The van der Waals surface area contributed by atoms with Gasteiger partial charge in [0.25, 0.3) is 0 Å². The molecule has 0 saturated heterocycles. The van der Waals surface area contributed by atoms with Gasteiger partial charge in [-0.1, -0.05) is 5.57 Å². The maximum absolute atomic E-state index is 13.9. The third kappa shape index (κ3) is 6.31. The van der Waals surface area contributed by atoms with Gasteiger partial charge in [-0.25, -0.2) is 0 Å². The van der Waals surface area contributed by atoms with E-state index in [1.807, 2.05) is 0 Å². The van der Waals surface area contributed by atoms with Crippen LogP contribution in [0.1, 0.15) is 55.9 Å². The van der Waals surface area contributed by atoms with Gasteiger partial charge in [-0.2, -0.15) is 0 Å². The van der Waals surface area contributed by atoms with Gasteiger partial charge in [0.15, 0.2) is 51.1 Å². The number of phenols is 2. The monoisotopic (exact) mass is 1040 g/mol. The highest BCUT2D eigenvalue weighted by Crippen LogP contribution is 2.59. The SMILES string of the molecule is COc1c(O)c2c(=O)cc(OC)c3c4c(OC)ccc5c(=O)c(OC)c6c(c(c1CC(C)=C6C(C)=O)c23)c54.COc1c(O)c2c(=O)cc(OC)c3c4c(OC)ccc5c(=O)c(OC)c6c(c(c1C[C@@](C)(O)[C@H]6C(C)=O)c23)c54. The van der Waals surface area contributed by atoms with Gasteiger partial charge in [0.05, 0.1) is 79.2 Å². The minimum Gasteiger partial charge on any atom is -0.504 e. The number of ether oxygens (including phenoxy) is 8. The van der Waals surface area contributed by atoms with Crippen molar-refractivity contribution in [2.75, 3.05) is 56.9 Å². The van der Waals surface area contributed by atoms with Gasteiger partial charge in [-0.3, -0.25) is 28.8 Å². The van der Waals surface area contributed by atoms with Gasteiger partial charge in [-0.05, 0) is 74.5 Å². The van der Waals surface area contributed by atoms with Crippen molar-refractivity contribution >= 4 is 103 Å². The van der Waals surface area contributed by atoms with E-state index in [1.165, 1.54) is 89.8 Å². The summed E-state index contributed by atoms with van der Waals surface area (Å²) in [4.78, 5) is 81.2. The first-order valence-electron chi connectivity index (χ1n) is 24.3. The first-order chi connectivity index (χ1) is 36.7. The predicted octanol–water partition coefficient (Wildman–Crippen LogP) is 8.17. The van der Waals surface area contributed by atoms with Gasteiger partial charge >= 0.3 is 0 Å². The molecule has 77 heavy (non-hydrogen) atoms. The van der Waals surface area contributed by atoms with Crippen molar-refractivity contribution < 1.29 is 62.8 Å². The van der Waals surface area contributed by atoms with Crippen LogP contribution in [0, 0.1) is 0 Å². The van der Waals surface area contributed by atoms with Gasteiger partial charge in [0.1, 0.15) is 28.8 Å². The quantitative estimate of drug-likeness (QED) is 0.0865. The minimum absolute atomic E-state index is 0.00538. The number of hydrogen-bond donors (Lipinski definition) is 3. The molecule has 0 fully saturated rings. The van der Waals surface area contributed by atoms with Crippen LogP contribution >= 0.6 is 0 Å². The zero-order valence-electron chi connectivity index (χ0n) is 44.0. The lowest BCUT2D eigenvalue weighted by molar-refractivity contribution is -0.124. The van der Waals surface area contributed by atoms with Crippen molar-refractivity contribution in [2.45, 2.75) is 52.1 Å². The molecule has 17 heteroatoms. The van der Waals surface area contributed by atoms with Crippen LogP contribution in [-0.2, 0) is 22.4 Å². The molecule has 10 aromatic rings. The summed E-state index contributed by atoms with van der Waals surface area (Å²) in [6, 6.07) is 9.22. The van der Waals surface area contributed by atoms with Gasteiger partial charge in [0, 0.05) is 106 Å². The first-order valence-corrected chi connectivity index (χ1v) is 24.3. The maximum atomic E-state index is 13.9. The van der Waals surface area contributed by atoms with Crippen LogP contribution in [0.3, 0.4) is 0 Å². The Morgan fingerprint density at radius 3 is 1.38 bits per heavy atom. The number of phenolic OH excluding ortho intramolecular Hbond substituents is 2. The summed E-state index contributed by atoms with van der Waals surface area (Å²) in [6.07, 6.45) is 0.103. The van der Waals surface area contributed by atoms with E-state index in [1.54, 1.807) is 31.2 Å². The van der Waals surface area contributed by atoms with E-state index < -0.39 is 27.8 Å². The second kappa shape index (κ2) is 17.3. The number of methoxy groups -OCH3 is 8. The van der Waals surface area contributed by atoms with Crippen LogP contribution in [0.25, 0.3) is 91.8 Å². The number of allylic oxidation sites excluding steroid dienone is 2. The lowest BCUT2D eigenvalue weighted by Gasteiger charge is -2.31. The molecule has 0 saturated carbocycles. The number of ketones is 2. The van der Waals surface area contributed by atoms with Crippen molar-refractivity contribution in [2.24, 2.45) is 0 Å². The fraction of sp³-hybridized carbons (Fsp3) is 0.267. The van der Waals surface area contributed by atoms with Crippen LogP contribution in [0.15, 0.2) is 61.1 Å². The molecule has 10 aromatic carbocycles. The maximum Gasteiger partial charge on any atom is 0.228 e. The van der Waals surface area contributed by atoms with Crippen molar-refractivity contribution in [3.8, 4) is 57.5 Å². The highest BCUT2D eigenvalue weighted by molar-refractivity contribution is 6.42. The molecule has 0 aliphatic heterocycles. The molecule has 0 spiro atoms. The highest BCUT2D eigenvalue weighted by Gasteiger charge is 2.46. The van der Waals surface area contributed by atoms with Gasteiger partial charge in [-0.15, -0.1) is 0 Å². The Bertz CT molecular complexity index is 4590. The first kappa shape index (κ1) is 50.2. The number of hydrogen-bond acceptors (Lipinski definition) is 17. The van der Waals surface area contributed by atoms with Crippen molar-refractivity contribution in [3.63, 3.8) is 0 Å². The van der Waals surface area contributed by atoms with E-state index in [4.69, 9.17) is 37.9 Å². The second-order valence-corrected chi connectivity index (χ2v) is 19.7. The van der Waals surface area contributed by atoms with Crippen molar-refractivity contribution in [1.82, 2.24) is 0 Å². The standard InChI is InChI=1S/C30H26O9.C30H24O8/c1-11(31)25-24-22-17-12(26(33)29(24)39-6)7-8-15(36-3)20(17)21-16(37-4)9-14(32)19-23(21)18(22)13(10-30(25,2)35)28(38-5)27(19)34;1-11-9-14-20-24-19-13(27(33)30(38-6)26(24)18(11)12(2)31)7-8-16(35-3)22(19)23-17(36-4)10-15(32)21(25(20)23)28(34)29(14)37-5/h7-9,25,34-35H,10H2,1-6H3;7-8,10,34H,9H2,1-6H3/t25-,30+;/m0./s1. The Morgan fingerprint density at radius 1 is 0.506 bits per heavy atom. The molecule has 0 heterocycles. The van der Waals surface area contributed by atoms with E-state index in [2.05, 4.69) is 0 Å². The summed E-state index contributed by atoms with van der Waals surface area (Å²) in [5.74, 6) is -1.04. The average molecular weight is 1040 g/mol. The van der Waals surface area contributed by atoms with Gasteiger partial charge < -0.3 is 53.2 Å². The summed E-state index contributed by atoms with van der Waals surface area (Å²) >= 11 is 0. The third-order valence-electron chi connectivity index (χ3n) is 15.8. The number of carbonyl (C=O) groups is 2. The number of aromatic hydroxyl groups is 2. The van der Waals surface area contributed by atoms with Crippen LogP contribution in [0.2, 0.25) is 0 Å².